The van der Waals surface area contributed by atoms with Crippen LogP contribution in [0.25, 0.3) is 6.08 Å². The van der Waals surface area contributed by atoms with Gasteiger partial charge >= 0.3 is 5.97 Å². The van der Waals surface area contributed by atoms with E-state index in [1.807, 2.05) is 0 Å². The topological polar surface area (TPSA) is 59.3 Å². The summed E-state index contributed by atoms with van der Waals surface area (Å²) in [4.78, 5) is 11.8. The minimum atomic E-state index is -2.48. The summed E-state index contributed by atoms with van der Waals surface area (Å²) in [6.45, 7) is 20.4. The molecule has 0 bridgehead atoms. The van der Waals surface area contributed by atoms with Gasteiger partial charge in [0.05, 0.1) is 24.7 Å². The highest BCUT2D eigenvalue weighted by molar-refractivity contribution is 6.88. The number of nitrogens with zero attached hydrogens (tertiary/aromatic N) is 1. The molecule has 0 fully saturated rings. The number of rotatable bonds is 14. The quantitative estimate of drug-likeness (QED) is 0.135. The highest BCUT2D eigenvalue weighted by Gasteiger charge is 2.45. The van der Waals surface area contributed by atoms with Crippen LogP contribution in [0.1, 0.15) is 96.9 Å². The van der Waals surface area contributed by atoms with Crippen molar-refractivity contribution < 1.29 is 14.0 Å². The molecule has 0 saturated carbocycles. The molecule has 2 atom stereocenters. The molecule has 0 N–H and O–H groups in total. The Morgan fingerprint density at radius 3 is 2.31 bits per heavy atom. The van der Waals surface area contributed by atoms with E-state index < -0.39 is 13.7 Å². The average molecular weight is 548 g/mol. The van der Waals surface area contributed by atoms with E-state index in [0.717, 1.165) is 41.5 Å². The van der Waals surface area contributed by atoms with Gasteiger partial charge in [-0.2, -0.15) is 5.26 Å². The van der Waals surface area contributed by atoms with Gasteiger partial charge in [0.15, 0.2) is 0 Å². The lowest BCUT2D eigenvalue weighted by Crippen LogP contribution is -2.56. The second-order valence-corrected chi connectivity index (χ2v) is 16.2. The van der Waals surface area contributed by atoms with Gasteiger partial charge in [-0.25, -0.2) is 4.79 Å². The van der Waals surface area contributed by atoms with Crippen molar-refractivity contribution >= 4 is 25.5 Å². The average Bonchev–Trinajstić information content (AvgIpc) is 2.90. The standard InChI is InChI=1S/C34H49NO3Si/c1-10-18-34(24-35,28(9)11-2)31-14-13-15-32(22-31)39(25(4)5,26(6)7)38-23-30-20-27(8)19-29(21-30)16-17-33(36)37-12-3/h13-17,19-22,25-26,28H,10-12,18,23H2,1-9H3/b17-16+. The van der Waals surface area contributed by atoms with Gasteiger partial charge in [-0.05, 0) is 71.3 Å². The first-order valence-corrected chi connectivity index (χ1v) is 16.7. The molecule has 212 valence electrons. The van der Waals surface area contributed by atoms with Crippen LogP contribution in [0, 0.1) is 24.2 Å². The molecule has 0 radical (unpaired) electrons. The maximum atomic E-state index is 11.8. The van der Waals surface area contributed by atoms with Crippen LogP contribution in [0.2, 0.25) is 11.1 Å². The second kappa shape index (κ2) is 14.6. The van der Waals surface area contributed by atoms with Crippen LogP contribution in [0.5, 0.6) is 0 Å². The number of esters is 1. The highest BCUT2D eigenvalue weighted by atomic mass is 28.4. The molecule has 0 aliphatic carbocycles. The number of hydrogen-bond donors (Lipinski definition) is 0. The SMILES string of the molecule is CCCC(C#N)(c1cccc([Si](OCc2cc(C)cc(/C=C/C(=O)OCC)c2)(C(C)C)C(C)C)c1)C(C)CC. The Labute approximate surface area is 238 Å². The van der Waals surface area contributed by atoms with E-state index >= 15 is 0 Å². The van der Waals surface area contributed by atoms with Gasteiger partial charge in [0.2, 0.25) is 8.32 Å². The molecule has 0 aromatic heterocycles. The smallest absolute Gasteiger partial charge is 0.330 e. The van der Waals surface area contributed by atoms with E-state index in [4.69, 9.17) is 9.16 Å². The summed E-state index contributed by atoms with van der Waals surface area (Å²) in [7, 11) is -2.48. The van der Waals surface area contributed by atoms with Crippen LogP contribution in [0.3, 0.4) is 0 Å². The van der Waals surface area contributed by atoms with Crippen molar-refractivity contribution in [3.63, 3.8) is 0 Å². The van der Waals surface area contributed by atoms with Crippen molar-refractivity contribution in [2.75, 3.05) is 6.61 Å². The maximum Gasteiger partial charge on any atom is 0.330 e. The van der Waals surface area contributed by atoms with E-state index in [2.05, 4.69) is 104 Å². The third kappa shape index (κ3) is 7.50. The molecule has 0 aliphatic heterocycles. The van der Waals surface area contributed by atoms with Crippen molar-refractivity contribution in [2.45, 2.75) is 105 Å². The number of nitriles is 1. The molecular formula is C34H49NO3Si. The minimum absolute atomic E-state index is 0.265. The first kappa shape index (κ1) is 32.5. The van der Waals surface area contributed by atoms with E-state index in [0.29, 0.717) is 24.3 Å². The summed E-state index contributed by atoms with van der Waals surface area (Å²) < 4.78 is 12.1. The van der Waals surface area contributed by atoms with Crippen LogP contribution in [0.15, 0.2) is 48.5 Å². The van der Waals surface area contributed by atoms with Crippen molar-refractivity contribution in [1.29, 1.82) is 5.26 Å². The lowest BCUT2D eigenvalue weighted by Gasteiger charge is -2.40. The lowest BCUT2D eigenvalue weighted by molar-refractivity contribution is -0.137. The molecule has 2 unspecified atom stereocenters. The van der Waals surface area contributed by atoms with E-state index in [1.165, 1.54) is 11.3 Å². The largest absolute Gasteiger partial charge is 0.463 e. The molecule has 2 rings (SSSR count). The summed E-state index contributed by atoms with van der Waals surface area (Å²) >= 11 is 0. The molecular weight excluding hydrogens is 498 g/mol. The van der Waals surface area contributed by atoms with E-state index in [9.17, 15) is 10.1 Å². The van der Waals surface area contributed by atoms with Crippen molar-refractivity contribution in [2.24, 2.45) is 5.92 Å². The number of ether oxygens (including phenoxy) is 1. The Morgan fingerprint density at radius 2 is 1.74 bits per heavy atom. The molecule has 0 saturated heterocycles. The van der Waals surface area contributed by atoms with Gasteiger partial charge in [0.25, 0.3) is 0 Å². The number of benzene rings is 2. The third-order valence-electron chi connectivity index (χ3n) is 8.18. The summed E-state index contributed by atoms with van der Waals surface area (Å²) in [5.41, 5.74) is 4.47. The van der Waals surface area contributed by atoms with Crippen LogP contribution in [0.4, 0.5) is 0 Å². The van der Waals surface area contributed by atoms with Crippen LogP contribution < -0.4 is 5.19 Å². The Bertz CT molecular complexity index is 1160. The Morgan fingerprint density at radius 1 is 1.05 bits per heavy atom. The van der Waals surface area contributed by atoms with E-state index in [-0.39, 0.29) is 11.9 Å². The van der Waals surface area contributed by atoms with Gasteiger partial charge in [0.1, 0.15) is 0 Å². The predicted molar refractivity (Wildman–Crippen MR) is 165 cm³/mol. The summed E-state index contributed by atoms with van der Waals surface area (Å²) in [5.74, 6) is -0.0715. The van der Waals surface area contributed by atoms with Gasteiger partial charge in [-0.3, -0.25) is 0 Å². The molecule has 2 aromatic rings. The van der Waals surface area contributed by atoms with Crippen LogP contribution in [-0.4, -0.2) is 20.9 Å². The fourth-order valence-electron chi connectivity index (χ4n) is 6.07. The van der Waals surface area contributed by atoms with Gasteiger partial charge in [0, 0.05) is 6.08 Å². The zero-order chi connectivity index (χ0) is 29.2. The molecule has 0 spiro atoms. The number of aryl methyl sites for hydroxylation is 1. The highest BCUT2D eigenvalue weighted by Crippen LogP contribution is 2.40. The third-order valence-corrected chi connectivity index (χ3v) is 13.4. The molecule has 5 heteroatoms. The second-order valence-electron chi connectivity index (χ2n) is 11.5. The first-order valence-electron chi connectivity index (χ1n) is 14.6. The van der Waals surface area contributed by atoms with Gasteiger partial charge in [-0.1, -0.05) is 103 Å². The zero-order valence-electron chi connectivity index (χ0n) is 25.6. The molecule has 0 aliphatic rings. The Balaban J connectivity index is 2.53. The molecule has 39 heavy (non-hydrogen) atoms. The fraction of sp³-hybridized carbons (Fsp3) is 0.529. The zero-order valence-corrected chi connectivity index (χ0v) is 26.6. The van der Waals surface area contributed by atoms with Crippen molar-refractivity contribution in [3.05, 3.63) is 70.8 Å². The van der Waals surface area contributed by atoms with Crippen molar-refractivity contribution in [3.8, 4) is 6.07 Å². The number of carbonyl (C=O) groups is 1. The Hall–Kier alpha value is -2.68. The van der Waals surface area contributed by atoms with Gasteiger partial charge < -0.3 is 9.16 Å². The number of carbonyl (C=O) groups excluding carboxylic acids is 1. The van der Waals surface area contributed by atoms with Crippen LogP contribution >= 0.6 is 0 Å². The molecule has 4 nitrogen and oxygen atoms in total. The van der Waals surface area contributed by atoms with Crippen LogP contribution in [-0.2, 0) is 26.0 Å². The fourth-order valence-corrected chi connectivity index (χ4v) is 10.7. The summed E-state index contributed by atoms with van der Waals surface area (Å²) in [6.07, 6.45) is 6.07. The minimum Gasteiger partial charge on any atom is -0.463 e. The normalized spacial score (nSPS) is 14.4. The summed E-state index contributed by atoms with van der Waals surface area (Å²) in [5, 5.41) is 11.7. The predicted octanol–water partition coefficient (Wildman–Crippen LogP) is 8.37. The molecule has 0 amide bonds. The van der Waals surface area contributed by atoms with Gasteiger partial charge in [-0.15, -0.1) is 0 Å². The lowest BCUT2D eigenvalue weighted by atomic mass is 9.68. The van der Waals surface area contributed by atoms with E-state index in [1.54, 1.807) is 13.0 Å². The Kier molecular flexibility index (Phi) is 12.2. The van der Waals surface area contributed by atoms with Crippen molar-refractivity contribution in [1.82, 2.24) is 0 Å². The maximum absolute atomic E-state index is 11.8. The number of hydrogen-bond acceptors (Lipinski definition) is 4. The monoisotopic (exact) mass is 547 g/mol. The molecule has 0 heterocycles. The molecule has 2 aromatic carbocycles. The first-order chi connectivity index (χ1) is 18.5. The summed E-state index contributed by atoms with van der Waals surface area (Å²) in [6, 6.07) is 17.9.